The van der Waals surface area contributed by atoms with Crippen LogP contribution in [0.3, 0.4) is 0 Å². The summed E-state index contributed by atoms with van der Waals surface area (Å²) < 4.78 is 2.62. The maximum atomic E-state index is 11.6. The molecule has 0 aromatic carbocycles. The lowest BCUT2D eigenvalue weighted by Crippen LogP contribution is -2.28. The fourth-order valence-electron chi connectivity index (χ4n) is 1.50. The first-order valence-corrected chi connectivity index (χ1v) is 4.27. The summed E-state index contributed by atoms with van der Waals surface area (Å²) in [6.07, 6.45) is 1.55. The number of hydrogen-bond donors (Lipinski definition) is 2. The summed E-state index contributed by atoms with van der Waals surface area (Å²) in [5.41, 5.74) is 6.55. The molecule has 74 valence electrons. The molecule has 0 spiro atoms. The molecule has 2 heterocycles. The highest BCUT2D eigenvalue weighted by atomic mass is 16.2. The predicted molar refractivity (Wildman–Crippen MR) is 54.2 cm³/mol. The third-order valence-corrected chi connectivity index (χ3v) is 2.19. The Morgan fingerprint density at radius 2 is 2.21 bits per heavy atom. The van der Waals surface area contributed by atoms with E-state index in [4.69, 9.17) is 11.6 Å². The number of nitrogen functional groups attached to an aromatic ring is 2. The van der Waals surface area contributed by atoms with E-state index >= 15 is 0 Å². The highest BCUT2D eigenvalue weighted by Crippen LogP contribution is 2.12. The normalized spacial score (nSPS) is 10.9. The van der Waals surface area contributed by atoms with E-state index in [2.05, 4.69) is 4.98 Å². The summed E-state index contributed by atoms with van der Waals surface area (Å²) in [5.74, 6) is 5.94. The largest absolute Gasteiger partial charge is 0.384 e. The Kier molecular flexibility index (Phi) is 1.70. The van der Waals surface area contributed by atoms with Crippen LogP contribution in [0, 0.1) is 0 Å². The summed E-state index contributed by atoms with van der Waals surface area (Å²) in [4.78, 5) is 15.5. The molecule has 4 N–H and O–H groups in total. The van der Waals surface area contributed by atoms with Crippen molar-refractivity contribution < 1.29 is 0 Å². The molecule has 0 aliphatic heterocycles. The van der Waals surface area contributed by atoms with Crippen LogP contribution in [-0.4, -0.2) is 14.2 Å². The van der Waals surface area contributed by atoms with Crippen molar-refractivity contribution in [2.75, 3.05) is 11.6 Å². The number of anilines is 1. The number of fused-ring (bicyclic) bond motifs is 1. The van der Waals surface area contributed by atoms with Gasteiger partial charge in [0.1, 0.15) is 5.82 Å². The molecule has 0 fully saturated rings. The quantitative estimate of drug-likeness (QED) is 0.598. The first-order valence-electron chi connectivity index (χ1n) is 4.27. The Morgan fingerprint density at radius 1 is 1.50 bits per heavy atom. The van der Waals surface area contributed by atoms with Gasteiger partial charge in [0.2, 0.25) is 0 Å². The van der Waals surface area contributed by atoms with Gasteiger partial charge in [0.25, 0.3) is 0 Å². The number of nitrogens with two attached hydrogens (primary N) is 2. The molecule has 0 radical (unpaired) electrons. The van der Waals surface area contributed by atoms with Gasteiger partial charge < -0.3 is 11.6 Å². The minimum Gasteiger partial charge on any atom is -0.384 e. The monoisotopic (exact) mass is 193 g/mol. The molecule has 6 heteroatoms. The standard InChI is InChI=1S/C8H11N5O/c1-2-12-6-4-11-7(9)3-5(6)13(10)8(12)14/h3-4H,2,10H2,1H3,(H2,9,11). The third kappa shape index (κ3) is 0.968. The fourth-order valence-corrected chi connectivity index (χ4v) is 1.50. The van der Waals surface area contributed by atoms with Crippen molar-refractivity contribution in [3.8, 4) is 0 Å². The zero-order chi connectivity index (χ0) is 10.3. The molecule has 0 saturated carbocycles. The van der Waals surface area contributed by atoms with Crippen molar-refractivity contribution in [1.82, 2.24) is 14.2 Å². The van der Waals surface area contributed by atoms with Gasteiger partial charge in [-0.25, -0.2) is 14.5 Å². The van der Waals surface area contributed by atoms with Crippen molar-refractivity contribution in [3.05, 3.63) is 22.7 Å². The van der Waals surface area contributed by atoms with Gasteiger partial charge in [-0.1, -0.05) is 0 Å². The summed E-state index contributed by atoms with van der Waals surface area (Å²) in [5, 5.41) is 0. The minimum atomic E-state index is -0.255. The molecule has 6 nitrogen and oxygen atoms in total. The number of hydrogen-bond acceptors (Lipinski definition) is 4. The number of imidazole rings is 1. The second kappa shape index (κ2) is 2.76. The molecule has 0 bridgehead atoms. The van der Waals surface area contributed by atoms with Crippen LogP contribution in [-0.2, 0) is 6.54 Å². The molecular weight excluding hydrogens is 182 g/mol. The highest BCUT2D eigenvalue weighted by Gasteiger charge is 2.09. The second-order valence-electron chi connectivity index (χ2n) is 2.99. The SMILES string of the molecule is CCn1c(=O)n(N)c2cc(N)ncc21. The first-order chi connectivity index (χ1) is 6.65. The maximum absolute atomic E-state index is 11.6. The zero-order valence-corrected chi connectivity index (χ0v) is 7.77. The molecule has 2 rings (SSSR count). The van der Waals surface area contributed by atoms with Crippen LogP contribution >= 0.6 is 0 Å². The van der Waals surface area contributed by atoms with E-state index in [0.717, 1.165) is 4.68 Å². The molecule has 14 heavy (non-hydrogen) atoms. The van der Waals surface area contributed by atoms with Crippen molar-refractivity contribution >= 4 is 16.9 Å². The van der Waals surface area contributed by atoms with Gasteiger partial charge in [0, 0.05) is 12.6 Å². The van der Waals surface area contributed by atoms with Crippen LogP contribution in [0.25, 0.3) is 11.0 Å². The molecule has 0 aliphatic carbocycles. The number of rotatable bonds is 1. The lowest BCUT2D eigenvalue weighted by molar-refractivity contribution is 0.725. The summed E-state index contributed by atoms with van der Waals surface area (Å²) in [6.45, 7) is 2.43. The van der Waals surface area contributed by atoms with E-state index in [1.54, 1.807) is 16.8 Å². The maximum Gasteiger partial charge on any atom is 0.347 e. The molecule has 2 aromatic rings. The molecule has 2 aromatic heterocycles. The molecular formula is C8H11N5O. The van der Waals surface area contributed by atoms with E-state index < -0.39 is 0 Å². The lowest BCUT2D eigenvalue weighted by atomic mass is 10.4. The van der Waals surface area contributed by atoms with E-state index in [9.17, 15) is 4.79 Å². The van der Waals surface area contributed by atoms with Crippen LogP contribution in [0.1, 0.15) is 6.92 Å². The summed E-state index contributed by atoms with van der Waals surface area (Å²) >= 11 is 0. The number of nitrogens with zero attached hydrogens (tertiary/aromatic N) is 3. The van der Waals surface area contributed by atoms with Crippen LogP contribution in [0.2, 0.25) is 0 Å². The second-order valence-corrected chi connectivity index (χ2v) is 2.99. The van der Waals surface area contributed by atoms with Crippen LogP contribution in [0.4, 0.5) is 5.82 Å². The van der Waals surface area contributed by atoms with Gasteiger partial charge >= 0.3 is 5.69 Å². The number of aromatic nitrogens is 3. The van der Waals surface area contributed by atoms with E-state index in [-0.39, 0.29) is 5.69 Å². The lowest BCUT2D eigenvalue weighted by Gasteiger charge is -1.96. The smallest absolute Gasteiger partial charge is 0.347 e. The average molecular weight is 193 g/mol. The first kappa shape index (κ1) is 8.61. The molecule has 0 atom stereocenters. The van der Waals surface area contributed by atoms with Crippen LogP contribution in [0.15, 0.2) is 17.1 Å². The van der Waals surface area contributed by atoms with Crippen molar-refractivity contribution in [3.63, 3.8) is 0 Å². The van der Waals surface area contributed by atoms with Gasteiger partial charge in [0.05, 0.1) is 17.2 Å². The zero-order valence-electron chi connectivity index (χ0n) is 7.77. The summed E-state index contributed by atoms with van der Waals surface area (Å²) in [7, 11) is 0. The molecule has 0 aliphatic rings. The van der Waals surface area contributed by atoms with Gasteiger partial charge in [-0.2, -0.15) is 0 Å². The third-order valence-electron chi connectivity index (χ3n) is 2.19. The number of pyridine rings is 1. The van der Waals surface area contributed by atoms with Crippen molar-refractivity contribution in [1.29, 1.82) is 0 Å². The van der Waals surface area contributed by atoms with Crippen molar-refractivity contribution in [2.45, 2.75) is 13.5 Å². The average Bonchev–Trinajstić information content (AvgIpc) is 2.41. The van der Waals surface area contributed by atoms with Crippen LogP contribution in [0.5, 0.6) is 0 Å². The number of aryl methyl sites for hydroxylation is 1. The predicted octanol–water partition coefficient (Wildman–Crippen LogP) is -0.486. The van der Waals surface area contributed by atoms with E-state index in [0.29, 0.717) is 23.4 Å². The van der Waals surface area contributed by atoms with Crippen molar-refractivity contribution in [2.24, 2.45) is 0 Å². The Morgan fingerprint density at radius 3 is 2.86 bits per heavy atom. The fraction of sp³-hybridized carbons (Fsp3) is 0.250. The Balaban J connectivity index is 2.96. The topological polar surface area (TPSA) is 91.9 Å². The Bertz CT molecular complexity index is 538. The van der Waals surface area contributed by atoms with Gasteiger partial charge in [-0.05, 0) is 6.92 Å². The Labute approximate surface area is 79.7 Å². The van der Waals surface area contributed by atoms with Gasteiger partial charge in [0.15, 0.2) is 0 Å². The van der Waals surface area contributed by atoms with Crippen LogP contribution < -0.4 is 17.3 Å². The molecule has 0 unspecified atom stereocenters. The molecule has 0 amide bonds. The Hall–Kier alpha value is -1.98. The van der Waals surface area contributed by atoms with E-state index in [1.807, 2.05) is 6.92 Å². The minimum absolute atomic E-state index is 0.255. The van der Waals surface area contributed by atoms with E-state index in [1.165, 1.54) is 0 Å². The van der Waals surface area contributed by atoms with Gasteiger partial charge in [-0.15, -0.1) is 0 Å². The summed E-state index contributed by atoms with van der Waals surface area (Å²) in [6, 6.07) is 1.59. The molecule has 0 saturated heterocycles. The van der Waals surface area contributed by atoms with Gasteiger partial charge in [-0.3, -0.25) is 4.57 Å². The highest BCUT2D eigenvalue weighted by molar-refractivity contribution is 5.77.